The highest BCUT2D eigenvalue weighted by atomic mass is 32.1. The third-order valence-electron chi connectivity index (χ3n) is 4.03. The van der Waals surface area contributed by atoms with Crippen molar-refractivity contribution in [2.24, 2.45) is 0 Å². The normalized spacial score (nSPS) is 17.7. The van der Waals surface area contributed by atoms with Gasteiger partial charge in [0, 0.05) is 0 Å². The molecule has 1 aliphatic rings. The van der Waals surface area contributed by atoms with Crippen molar-refractivity contribution >= 4 is 32.6 Å². The number of anilines is 1. The van der Waals surface area contributed by atoms with Gasteiger partial charge < -0.3 is 9.73 Å². The van der Waals surface area contributed by atoms with Gasteiger partial charge in [-0.1, -0.05) is 23.5 Å². The molecule has 1 aliphatic heterocycles. The summed E-state index contributed by atoms with van der Waals surface area (Å²) in [5, 5.41) is 6.74. The van der Waals surface area contributed by atoms with Gasteiger partial charge in [-0.05, 0) is 37.9 Å². The minimum absolute atomic E-state index is 0.0656. The Hall–Kier alpha value is -2.25. The van der Waals surface area contributed by atoms with Crippen LogP contribution in [0.15, 0.2) is 29.0 Å². The topological polar surface area (TPSA) is 80.0 Å². The second kappa shape index (κ2) is 5.75. The predicted molar refractivity (Wildman–Crippen MR) is 88.8 cm³/mol. The van der Waals surface area contributed by atoms with Crippen LogP contribution in [-0.2, 0) is 0 Å². The summed E-state index contributed by atoms with van der Waals surface area (Å²) in [7, 11) is 0. The summed E-state index contributed by atoms with van der Waals surface area (Å²) in [6.07, 6.45) is 3.35. The summed E-state index contributed by atoms with van der Waals surface area (Å²) in [5.41, 5.74) is 2.35. The zero-order chi connectivity index (χ0) is 15.8. The molecule has 1 aromatic carbocycles. The fourth-order valence-corrected chi connectivity index (χ4v) is 3.82. The third-order valence-corrected chi connectivity index (χ3v) is 4.96. The molecule has 1 fully saturated rings. The molecule has 1 saturated heterocycles. The van der Waals surface area contributed by atoms with Crippen LogP contribution in [0.1, 0.15) is 40.7 Å². The van der Waals surface area contributed by atoms with E-state index in [-0.39, 0.29) is 11.9 Å². The van der Waals surface area contributed by atoms with E-state index < -0.39 is 0 Å². The fraction of sp³-hybridized carbons (Fsp3) is 0.312. The van der Waals surface area contributed by atoms with Crippen molar-refractivity contribution in [2.45, 2.75) is 25.8 Å². The van der Waals surface area contributed by atoms with Gasteiger partial charge in [-0.3, -0.25) is 10.1 Å². The van der Waals surface area contributed by atoms with Gasteiger partial charge in [-0.25, -0.2) is 9.97 Å². The predicted octanol–water partition coefficient (Wildman–Crippen LogP) is 3.27. The van der Waals surface area contributed by atoms with Gasteiger partial charge in [0.2, 0.25) is 0 Å². The van der Waals surface area contributed by atoms with E-state index in [0.717, 1.165) is 35.2 Å². The van der Waals surface area contributed by atoms with E-state index in [1.807, 2.05) is 25.1 Å². The number of rotatable bonds is 3. The standard InChI is InChI=1S/C16H16N4O2S/c1-9-4-2-6-11-12(9)19-16(23-11)20-15(21)13-14(22-8-18-13)10-5-3-7-17-10/h2,4,6,8,10,17H,3,5,7H2,1H3,(H,19,20,21). The maximum absolute atomic E-state index is 12.5. The molecule has 0 bridgehead atoms. The molecule has 0 radical (unpaired) electrons. The first-order valence-corrected chi connectivity index (χ1v) is 8.38. The van der Waals surface area contributed by atoms with E-state index in [9.17, 15) is 4.79 Å². The van der Waals surface area contributed by atoms with Gasteiger partial charge in [0.15, 0.2) is 23.0 Å². The van der Waals surface area contributed by atoms with Gasteiger partial charge in [-0.15, -0.1) is 0 Å². The number of nitrogens with zero attached hydrogens (tertiary/aromatic N) is 2. The van der Waals surface area contributed by atoms with Gasteiger partial charge in [0.05, 0.1) is 16.3 Å². The number of nitrogens with one attached hydrogen (secondary N) is 2. The molecule has 1 amide bonds. The SMILES string of the molecule is Cc1cccc2sc(NC(=O)c3ncoc3C3CCCN3)nc12. The zero-order valence-corrected chi connectivity index (χ0v) is 13.4. The van der Waals surface area contributed by atoms with Crippen LogP contribution in [0.4, 0.5) is 5.13 Å². The summed E-state index contributed by atoms with van der Waals surface area (Å²) in [6, 6.07) is 6.06. The van der Waals surface area contributed by atoms with Crippen molar-refractivity contribution in [1.82, 2.24) is 15.3 Å². The molecular formula is C16H16N4O2S. The van der Waals surface area contributed by atoms with Crippen LogP contribution < -0.4 is 10.6 Å². The molecule has 2 N–H and O–H groups in total. The molecule has 7 heteroatoms. The number of para-hydroxylation sites is 1. The van der Waals surface area contributed by atoms with Gasteiger partial charge in [-0.2, -0.15) is 0 Å². The zero-order valence-electron chi connectivity index (χ0n) is 12.6. The summed E-state index contributed by atoms with van der Waals surface area (Å²) in [4.78, 5) is 21.1. The molecule has 0 saturated carbocycles. The molecule has 2 aromatic heterocycles. The maximum Gasteiger partial charge on any atom is 0.279 e. The molecule has 118 valence electrons. The Morgan fingerprint density at radius 1 is 1.48 bits per heavy atom. The summed E-state index contributed by atoms with van der Waals surface area (Å²) in [5.74, 6) is 0.330. The number of amides is 1. The Labute approximate surface area is 136 Å². The van der Waals surface area contributed by atoms with Crippen LogP contribution in [0, 0.1) is 6.92 Å². The van der Waals surface area contributed by atoms with E-state index in [0.29, 0.717) is 16.6 Å². The number of aryl methyl sites for hydroxylation is 1. The second-order valence-corrected chi connectivity index (χ2v) is 6.64. The summed E-state index contributed by atoms with van der Waals surface area (Å²) < 4.78 is 6.49. The number of carbonyl (C=O) groups is 1. The van der Waals surface area contributed by atoms with Crippen LogP contribution in [0.5, 0.6) is 0 Å². The number of oxazole rings is 1. The number of thiazole rings is 1. The highest BCUT2D eigenvalue weighted by Gasteiger charge is 2.27. The molecule has 1 unspecified atom stereocenters. The Morgan fingerprint density at radius 3 is 3.17 bits per heavy atom. The van der Waals surface area contributed by atoms with E-state index >= 15 is 0 Å². The van der Waals surface area contributed by atoms with Crippen molar-refractivity contribution in [3.8, 4) is 0 Å². The Bertz CT molecular complexity index is 864. The monoisotopic (exact) mass is 328 g/mol. The third kappa shape index (κ3) is 2.62. The molecule has 3 aromatic rings. The Balaban J connectivity index is 1.60. The van der Waals surface area contributed by atoms with Gasteiger partial charge in [0.1, 0.15) is 0 Å². The lowest BCUT2D eigenvalue weighted by Gasteiger charge is -2.07. The minimum Gasteiger partial charge on any atom is -0.446 e. The van der Waals surface area contributed by atoms with Crippen molar-refractivity contribution in [3.63, 3.8) is 0 Å². The van der Waals surface area contributed by atoms with Crippen LogP contribution in [0.2, 0.25) is 0 Å². The number of carbonyl (C=O) groups excluding carboxylic acids is 1. The minimum atomic E-state index is -0.279. The van der Waals surface area contributed by atoms with Crippen LogP contribution >= 0.6 is 11.3 Å². The molecule has 23 heavy (non-hydrogen) atoms. The van der Waals surface area contributed by atoms with E-state index in [1.54, 1.807) is 0 Å². The van der Waals surface area contributed by atoms with Gasteiger partial charge >= 0.3 is 0 Å². The van der Waals surface area contributed by atoms with Crippen LogP contribution in [0.3, 0.4) is 0 Å². The van der Waals surface area contributed by atoms with E-state index in [4.69, 9.17) is 4.42 Å². The van der Waals surface area contributed by atoms with E-state index in [1.165, 1.54) is 17.7 Å². The quantitative estimate of drug-likeness (QED) is 0.771. The Kier molecular flexibility index (Phi) is 3.59. The highest BCUT2D eigenvalue weighted by molar-refractivity contribution is 7.22. The smallest absolute Gasteiger partial charge is 0.279 e. The fourth-order valence-electron chi connectivity index (χ4n) is 2.88. The van der Waals surface area contributed by atoms with Gasteiger partial charge in [0.25, 0.3) is 5.91 Å². The first-order valence-electron chi connectivity index (χ1n) is 7.56. The highest BCUT2D eigenvalue weighted by Crippen LogP contribution is 2.29. The van der Waals surface area contributed by atoms with Crippen molar-refractivity contribution in [2.75, 3.05) is 11.9 Å². The molecule has 6 nitrogen and oxygen atoms in total. The van der Waals surface area contributed by atoms with E-state index in [2.05, 4.69) is 20.6 Å². The lowest BCUT2D eigenvalue weighted by atomic mass is 10.1. The largest absolute Gasteiger partial charge is 0.446 e. The van der Waals surface area contributed by atoms with Crippen LogP contribution in [0.25, 0.3) is 10.2 Å². The lowest BCUT2D eigenvalue weighted by Crippen LogP contribution is -2.19. The maximum atomic E-state index is 12.5. The number of fused-ring (bicyclic) bond motifs is 1. The summed E-state index contributed by atoms with van der Waals surface area (Å²) in [6.45, 7) is 2.94. The first kappa shape index (κ1) is 14.3. The average Bonchev–Trinajstić information content (AvgIpc) is 3.27. The molecule has 3 heterocycles. The molecular weight excluding hydrogens is 312 g/mol. The second-order valence-electron chi connectivity index (χ2n) is 5.61. The average molecular weight is 328 g/mol. The summed E-state index contributed by atoms with van der Waals surface area (Å²) >= 11 is 1.46. The molecule has 1 atom stereocenters. The van der Waals surface area contributed by atoms with Crippen molar-refractivity contribution < 1.29 is 9.21 Å². The molecule has 4 rings (SSSR count). The van der Waals surface area contributed by atoms with Crippen LogP contribution in [-0.4, -0.2) is 22.4 Å². The number of hydrogen-bond acceptors (Lipinski definition) is 6. The number of aromatic nitrogens is 2. The first-order chi connectivity index (χ1) is 11.2. The Morgan fingerprint density at radius 2 is 2.39 bits per heavy atom. The lowest BCUT2D eigenvalue weighted by molar-refractivity contribution is 0.102. The molecule has 0 spiro atoms. The number of hydrogen-bond donors (Lipinski definition) is 2. The molecule has 0 aliphatic carbocycles. The van der Waals surface area contributed by atoms with Crippen molar-refractivity contribution in [1.29, 1.82) is 0 Å². The van der Waals surface area contributed by atoms with Crippen molar-refractivity contribution in [3.05, 3.63) is 41.6 Å². The number of benzene rings is 1.